The molecule has 3 nitrogen and oxygen atoms in total. The molecule has 0 aromatic heterocycles. The molecule has 1 atom stereocenters. The van der Waals surface area contributed by atoms with E-state index in [9.17, 15) is 0 Å². The molecule has 1 fully saturated rings. The number of likely N-dealkylation sites (N-methyl/N-ethyl adjacent to an activating group) is 1. The summed E-state index contributed by atoms with van der Waals surface area (Å²) in [6, 6.07) is 13.6. The maximum Gasteiger partial charge on any atom is 0.119 e. The summed E-state index contributed by atoms with van der Waals surface area (Å²) >= 11 is 0. The molecule has 0 aliphatic carbocycles. The molecule has 21 heavy (non-hydrogen) atoms. The lowest BCUT2D eigenvalue weighted by Gasteiger charge is -2.19. The monoisotopic (exact) mass is 284 g/mol. The van der Waals surface area contributed by atoms with Gasteiger partial charge in [-0.1, -0.05) is 18.2 Å². The van der Waals surface area contributed by atoms with Crippen molar-refractivity contribution < 1.29 is 4.74 Å². The van der Waals surface area contributed by atoms with Crippen LogP contribution >= 0.6 is 0 Å². The molecule has 1 aliphatic heterocycles. The Kier molecular flexibility index (Phi) is 4.42. The summed E-state index contributed by atoms with van der Waals surface area (Å²) in [5, 5.41) is 6.10. The first-order valence-corrected chi connectivity index (χ1v) is 7.74. The maximum absolute atomic E-state index is 5.27. The van der Waals surface area contributed by atoms with Crippen LogP contribution in [0.3, 0.4) is 0 Å². The molecular weight excluding hydrogens is 260 g/mol. The lowest BCUT2D eigenvalue weighted by atomic mass is 10.1. The first-order valence-electron chi connectivity index (χ1n) is 7.74. The highest BCUT2D eigenvalue weighted by Gasteiger charge is 2.19. The molecule has 2 aromatic carbocycles. The number of methoxy groups -OCH3 is 1. The van der Waals surface area contributed by atoms with Gasteiger partial charge in [-0.25, -0.2) is 0 Å². The molecule has 0 saturated carbocycles. The predicted octanol–water partition coefficient (Wildman–Crippen LogP) is 3.03. The molecule has 0 amide bonds. The largest absolute Gasteiger partial charge is 0.497 e. The molecule has 0 bridgehead atoms. The van der Waals surface area contributed by atoms with E-state index in [1.165, 1.54) is 35.7 Å². The number of fused-ring (bicyclic) bond motifs is 1. The minimum absolute atomic E-state index is 0.703. The number of hydrogen-bond acceptors (Lipinski definition) is 3. The lowest BCUT2D eigenvalue weighted by molar-refractivity contribution is 0.300. The van der Waals surface area contributed by atoms with Crippen molar-refractivity contribution in [2.45, 2.75) is 25.4 Å². The standard InChI is InChI=1S/C18H24N2O/c1-20-9-3-4-17(20)13-19-12-14-5-6-16-11-18(21-2)8-7-15(16)10-14/h5-8,10-11,17,19H,3-4,9,12-13H2,1-2H3. The van der Waals surface area contributed by atoms with E-state index in [1.54, 1.807) is 7.11 Å². The van der Waals surface area contributed by atoms with Crippen LogP contribution in [0.2, 0.25) is 0 Å². The summed E-state index contributed by atoms with van der Waals surface area (Å²) in [5.41, 5.74) is 1.34. The molecule has 1 heterocycles. The van der Waals surface area contributed by atoms with Crippen LogP contribution in [-0.4, -0.2) is 38.2 Å². The zero-order chi connectivity index (χ0) is 14.7. The Morgan fingerprint density at radius 3 is 2.76 bits per heavy atom. The van der Waals surface area contributed by atoms with Crippen molar-refractivity contribution in [3.8, 4) is 5.75 Å². The summed E-state index contributed by atoms with van der Waals surface area (Å²) in [6.45, 7) is 3.26. The van der Waals surface area contributed by atoms with Crippen molar-refractivity contribution in [2.75, 3.05) is 27.2 Å². The topological polar surface area (TPSA) is 24.5 Å². The Morgan fingerprint density at radius 1 is 1.19 bits per heavy atom. The van der Waals surface area contributed by atoms with E-state index < -0.39 is 0 Å². The van der Waals surface area contributed by atoms with Gasteiger partial charge in [0, 0.05) is 19.1 Å². The van der Waals surface area contributed by atoms with E-state index in [0.29, 0.717) is 6.04 Å². The van der Waals surface area contributed by atoms with E-state index >= 15 is 0 Å². The Labute approximate surface area is 126 Å². The number of benzene rings is 2. The van der Waals surface area contributed by atoms with Gasteiger partial charge in [-0.15, -0.1) is 0 Å². The fourth-order valence-corrected chi connectivity index (χ4v) is 3.13. The third kappa shape index (κ3) is 3.36. The number of rotatable bonds is 5. The zero-order valence-corrected chi connectivity index (χ0v) is 12.9. The SMILES string of the molecule is COc1ccc2cc(CNCC3CCCN3C)ccc2c1. The van der Waals surface area contributed by atoms with Crippen LogP contribution in [0, 0.1) is 0 Å². The summed E-state index contributed by atoms with van der Waals surface area (Å²) in [7, 11) is 3.93. The van der Waals surface area contributed by atoms with Crippen molar-refractivity contribution in [1.82, 2.24) is 10.2 Å². The molecule has 1 unspecified atom stereocenters. The van der Waals surface area contributed by atoms with Gasteiger partial charge in [0.2, 0.25) is 0 Å². The van der Waals surface area contributed by atoms with Gasteiger partial charge < -0.3 is 15.0 Å². The van der Waals surface area contributed by atoms with E-state index in [1.807, 2.05) is 6.07 Å². The van der Waals surface area contributed by atoms with Crippen LogP contribution in [0.25, 0.3) is 10.8 Å². The molecule has 1 saturated heterocycles. The highest BCUT2D eigenvalue weighted by Crippen LogP contribution is 2.22. The quantitative estimate of drug-likeness (QED) is 0.913. The third-order valence-electron chi connectivity index (χ3n) is 4.49. The van der Waals surface area contributed by atoms with E-state index in [-0.39, 0.29) is 0 Å². The summed E-state index contributed by atoms with van der Waals surface area (Å²) in [4.78, 5) is 2.46. The van der Waals surface area contributed by atoms with E-state index in [0.717, 1.165) is 18.8 Å². The van der Waals surface area contributed by atoms with Crippen LogP contribution in [0.5, 0.6) is 5.75 Å². The van der Waals surface area contributed by atoms with Crippen molar-refractivity contribution in [3.05, 3.63) is 42.0 Å². The molecule has 2 aromatic rings. The fraction of sp³-hybridized carbons (Fsp3) is 0.444. The second kappa shape index (κ2) is 6.46. The van der Waals surface area contributed by atoms with Crippen LogP contribution in [0.1, 0.15) is 18.4 Å². The van der Waals surface area contributed by atoms with Crippen LogP contribution in [0.4, 0.5) is 0 Å². The third-order valence-corrected chi connectivity index (χ3v) is 4.49. The Morgan fingerprint density at radius 2 is 2.00 bits per heavy atom. The minimum atomic E-state index is 0.703. The van der Waals surface area contributed by atoms with Crippen molar-refractivity contribution >= 4 is 10.8 Å². The number of ether oxygens (including phenoxy) is 1. The summed E-state index contributed by atoms with van der Waals surface area (Å²) in [5.74, 6) is 0.914. The number of hydrogen-bond donors (Lipinski definition) is 1. The van der Waals surface area contributed by atoms with Crippen molar-refractivity contribution in [2.24, 2.45) is 0 Å². The van der Waals surface area contributed by atoms with E-state index in [2.05, 4.69) is 47.6 Å². The van der Waals surface area contributed by atoms with Crippen LogP contribution in [-0.2, 0) is 6.54 Å². The van der Waals surface area contributed by atoms with Gasteiger partial charge in [0.1, 0.15) is 5.75 Å². The predicted molar refractivity (Wildman–Crippen MR) is 87.9 cm³/mol. The van der Waals surface area contributed by atoms with Gasteiger partial charge in [-0.05, 0) is 61.0 Å². The van der Waals surface area contributed by atoms with Gasteiger partial charge >= 0.3 is 0 Å². The summed E-state index contributed by atoms with van der Waals surface area (Å²) < 4.78 is 5.27. The number of nitrogens with zero attached hydrogens (tertiary/aromatic N) is 1. The van der Waals surface area contributed by atoms with E-state index in [4.69, 9.17) is 4.74 Å². The Balaban J connectivity index is 1.62. The smallest absolute Gasteiger partial charge is 0.119 e. The second-order valence-corrected chi connectivity index (χ2v) is 5.95. The van der Waals surface area contributed by atoms with Gasteiger partial charge in [0.15, 0.2) is 0 Å². The fourth-order valence-electron chi connectivity index (χ4n) is 3.13. The van der Waals surface area contributed by atoms with Crippen molar-refractivity contribution in [1.29, 1.82) is 0 Å². The molecule has 0 radical (unpaired) electrons. The van der Waals surface area contributed by atoms with Gasteiger partial charge in [-0.3, -0.25) is 0 Å². The number of likely N-dealkylation sites (tertiary alicyclic amines) is 1. The average molecular weight is 284 g/mol. The normalized spacial score (nSPS) is 19.2. The molecule has 3 heteroatoms. The first kappa shape index (κ1) is 14.4. The Hall–Kier alpha value is -1.58. The van der Waals surface area contributed by atoms with Crippen LogP contribution < -0.4 is 10.1 Å². The molecule has 0 spiro atoms. The Bertz CT molecular complexity index is 611. The van der Waals surface area contributed by atoms with Gasteiger partial charge in [-0.2, -0.15) is 0 Å². The summed E-state index contributed by atoms with van der Waals surface area (Å²) in [6.07, 6.45) is 2.65. The maximum atomic E-state index is 5.27. The highest BCUT2D eigenvalue weighted by molar-refractivity contribution is 5.84. The average Bonchev–Trinajstić information content (AvgIpc) is 2.92. The lowest BCUT2D eigenvalue weighted by Crippen LogP contribution is -2.35. The minimum Gasteiger partial charge on any atom is -0.497 e. The molecule has 112 valence electrons. The molecule has 1 N–H and O–H groups in total. The molecule has 1 aliphatic rings. The first-order chi connectivity index (χ1) is 10.3. The van der Waals surface area contributed by atoms with Crippen molar-refractivity contribution in [3.63, 3.8) is 0 Å². The van der Waals surface area contributed by atoms with Crippen LogP contribution in [0.15, 0.2) is 36.4 Å². The molecular formula is C18H24N2O. The van der Waals surface area contributed by atoms with Gasteiger partial charge in [0.25, 0.3) is 0 Å². The number of nitrogens with one attached hydrogen (secondary N) is 1. The highest BCUT2D eigenvalue weighted by atomic mass is 16.5. The van der Waals surface area contributed by atoms with Gasteiger partial charge in [0.05, 0.1) is 7.11 Å². The molecule has 3 rings (SSSR count). The zero-order valence-electron chi connectivity index (χ0n) is 12.9. The second-order valence-electron chi connectivity index (χ2n) is 5.95.